The molecule has 0 aromatic heterocycles. The molecule has 0 bridgehead atoms. The van der Waals surface area contributed by atoms with Crippen LogP contribution in [0.2, 0.25) is 0 Å². The van der Waals surface area contributed by atoms with E-state index in [1.807, 2.05) is 0 Å². The number of urea groups is 1. The highest BCUT2D eigenvalue weighted by Gasteiger charge is 2.46. The normalized spacial score (nSPS) is 25.6. The molecule has 2 N–H and O–H groups in total. The van der Waals surface area contributed by atoms with Crippen LogP contribution in [0.1, 0.15) is 20.3 Å². The topological polar surface area (TPSA) is 81.8 Å². The second-order valence-electron chi connectivity index (χ2n) is 5.56. The number of imide groups is 1. The van der Waals surface area contributed by atoms with Crippen molar-refractivity contribution in [1.29, 1.82) is 0 Å². The van der Waals surface area contributed by atoms with Crippen molar-refractivity contribution < 1.29 is 14.4 Å². The smallest absolute Gasteiger partial charge is 0.325 e. The lowest BCUT2D eigenvalue weighted by Gasteiger charge is -2.31. The summed E-state index contributed by atoms with van der Waals surface area (Å²) in [6.45, 7) is 4.88. The zero-order chi connectivity index (χ0) is 14.2. The van der Waals surface area contributed by atoms with Crippen molar-refractivity contribution in [2.24, 2.45) is 0 Å². The first-order valence-electron chi connectivity index (χ1n) is 6.43. The van der Waals surface area contributed by atoms with Crippen molar-refractivity contribution in [3.63, 3.8) is 0 Å². The fourth-order valence-electron chi connectivity index (χ4n) is 2.38. The van der Waals surface area contributed by atoms with Crippen LogP contribution in [0.25, 0.3) is 0 Å². The maximum absolute atomic E-state index is 12.2. The van der Waals surface area contributed by atoms with Crippen molar-refractivity contribution in [2.45, 2.75) is 31.8 Å². The zero-order valence-corrected chi connectivity index (χ0v) is 11.5. The first-order chi connectivity index (χ1) is 8.84. The number of nitrogens with zero attached hydrogens (tertiary/aromatic N) is 2. The van der Waals surface area contributed by atoms with E-state index in [4.69, 9.17) is 0 Å². The highest BCUT2D eigenvalue weighted by atomic mass is 16.2. The maximum atomic E-state index is 12.2. The minimum Gasteiger partial charge on any atom is -0.340 e. The number of carbonyl (C=O) groups excluding carboxylic acids is 3. The fraction of sp³-hybridized carbons (Fsp3) is 0.750. The molecule has 0 saturated carbocycles. The lowest BCUT2D eigenvalue weighted by Crippen LogP contribution is -2.51. The molecule has 7 heteroatoms. The number of likely N-dealkylation sites (N-methyl/N-ethyl adjacent to an activating group) is 1. The van der Waals surface area contributed by atoms with Gasteiger partial charge in [-0.25, -0.2) is 4.79 Å². The van der Waals surface area contributed by atoms with Crippen molar-refractivity contribution in [3.05, 3.63) is 0 Å². The van der Waals surface area contributed by atoms with E-state index in [1.54, 1.807) is 25.8 Å². The van der Waals surface area contributed by atoms with E-state index in [-0.39, 0.29) is 24.4 Å². The van der Waals surface area contributed by atoms with E-state index in [0.29, 0.717) is 0 Å². The molecule has 0 spiro atoms. The monoisotopic (exact) mass is 268 g/mol. The molecule has 2 aliphatic rings. The molecule has 0 aliphatic carbocycles. The molecule has 2 fully saturated rings. The Morgan fingerprint density at radius 1 is 1.47 bits per heavy atom. The van der Waals surface area contributed by atoms with E-state index in [0.717, 1.165) is 19.5 Å². The van der Waals surface area contributed by atoms with E-state index >= 15 is 0 Å². The van der Waals surface area contributed by atoms with E-state index in [9.17, 15) is 14.4 Å². The Morgan fingerprint density at radius 3 is 2.63 bits per heavy atom. The first kappa shape index (κ1) is 13.8. The SMILES string of the molecule is CN(C(=O)CN1C(=O)NC(=O)C1(C)C)[C@@H]1CCNC1. The molecule has 106 valence electrons. The third-order valence-corrected chi connectivity index (χ3v) is 3.96. The van der Waals surface area contributed by atoms with Gasteiger partial charge < -0.3 is 15.1 Å². The van der Waals surface area contributed by atoms with Gasteiger partial charge in [0.15, 0.2) is 0 Å². The second kappa shape index (κ2) is 4.80. The summed E-state index contributed by atoms with van der Waals surface area (Å²) in [6.07, 6.45) is 0.913. The summed E-state index contributed by atoms with van der Waals surface area (Å²) in [7, 11) is 1.74. The largest absolute Gasteiger partial charge is 0.340 e. The summed E-state index contributed by atoms with van der Waals surface area (Å²) in [6, 6.07) is -0.335. The van der Waals surface area contributed by atoms with Crippen molar-refractivity contribution >= 4 is 17.8 Å². The number of carbonyl (C=O) groups is 3. The Morgan fingerprint density at radius 2 is 2.16 bits per heavy atom. The van der Waals surface area contributed by atoms with Crippen molar-refractivity contribution in [2.75, 3.05) is 26.7 Å². The lowest BCUT2D eigenvalue weighted by molar-refractivity contribution is -0.134. The summed E-state index contributed by atoms with van der Waals surface area (Å²) < 4.78 is 0. The van der Waals surface area contributed by atoms with Crippen LogP contribution in [-0.2, 0) is 9.59 Å². The van der Waals surface area contributed by atoms with Crippen LogP contribution in [0.5, 0.6) is 0 Å². The van der Waals surface area contributed by atoms with Gasteiger partial charge in [-0.3, -0.25) is 14.9 Å². The molecule has 0 aromatic rings. The Balaban J connectivity index is 2.02. The van der Waals surface area contributed by atoms with Gasteiger partial charge in [-0.2, -0.15) is 0 Å². The van der Waals surface area contributed by atoms with Gasteiger partial charge in [0.1, 0.15) is 12.1 Å². The van der Waals surface area contributed by atoms with Gasteiger partial charge in [0, 0.05) is 19.6 Å². The van der Waals surface area contributed by atoms with Gasteiger partial charge in [-0.15, -0.1) is 0 Å². The molecule has 2 heterocycles. The van der Waals surface area contributed by atoms with Crippen molar-refractivity contribution in [1.82, 2.24) is 20.4 Å². The molecule has 4 amide bonds. The summed E-state index contributed by atoms with van der Waals surface area (Å²) in [5, 5.41) is 5.43. The summed E-state index contributed by atoms with van der Waals surface area (Å²) in [5.41, 5.74) is -0.971. The Bertz CT molecular complexity index is 415. The van der Waals surface area contributed by atoms with Gasteiger partial charge in [0.25, 0.3) is 5.91 Å². The predicted molar refractivity (Wildman–Crippen MR) is 68.4 cm³/mol. The molecule has 19 heavy (non-hydrogen) atoms. The minimum atomic E-state index is -0.971. The summed E-state index contributed by atoms with van der Waals surface area (Å²) >= 11 is 0. The lowest BCUT2D eigenvalue weighted by atomic mass is 10.0. The Labute approximate surface area is 112 Å². The minimum absolute atomic E-state index is 0.0719. The third kappa shape index (κ3) is 2.42. The fourth-order valence-corrected chi connectivity index (χ4v) is 2.38. The highest BCUT2D eigenvalue weighted by Crippen LogP contribution is 2.21. The van der Waals surface area contributed by atoms with Gasteiger partial charge in [-0.1, -0.05) is 0 Å². The molecule has 0 aromatic carbocycles. The van der Waals surface area contributed by atoms with Crippen LogP contribution in [0.3, 0.4) is 0 Å². The Hall–Kier alpha value is -1.63. The second-order valence-corrected chi connectivity index (χ2v) is 5.56. The van der Waals surface area contributed by atoms with Crippen LogP contribution in [0, 0.1) is 0 Å². The average Bonchev–Trinajstić information content (AvgIpc) is 2.92. The van der Waals surface area contributed by atoms with E-state index in [1.165, 1.54) is 4.90 Å². The maximum Gasteiger partial charge on any atom is 0.325 e. The summed E-state index contributed by atoms with van der Waals surface area (Å²) in [4.78, 5) is 38.4. The number of nitrogens with one attached hydrogen (secondary N) is 2. The van der Waals surface area contributed by atoms with Crippen LogP contribution in [0.15, 0.2) is 0 Å². The molecule has 1 atom stereocenters. The van der Waals surface area contributed by atoms with Crippen LogP contribution in [0.4, 0.5) is 4.79 Å². The number of amides is 4. The molecule has 0 unspecified atom stereocenters. The van der Waals surface area contributed by atoms with Crippen molar-refractivity contribution in [3.8, 4) is 0 Å². The third-order valence-electron chi connectivity index (χ3n) is 3.96. The Kier molecular flexibility index (Phi) is 3.49. The molecule has 2 aliphatic heterocycles. The average molecular weight is 268 g/mol. The van der Waals surface area contributed by atoms with Gasteiger partial charge >= 0.3 is 6.03 Å². The van der Waals surface area contributed by atoms with Crippen LogP contribution >= 0.6 is 0 Å². The number of hydrogen-bond donors (Lipinski definition) is 2. The van der Waals surface area contributed by atoms with Gasteiger partial charge in [0.05, 0.1) is 0 Å². The number of hydrogen-bond acceptors (Lipinski definition) is 4. The molecule has 0 radical (unpaired) electrons. The first-order valence-corrected chi connectivity index (χ1v) is 6.43. The molecule has 7 nitrogen and oxygen atoms in total. The zero-order valence-electron chi connectivity index (χ0n) is 11.5. The van der Waals surface area contributed by atoms with Gasteiger partial charge in [0.2, 0.25) is 5.91 Å². The van der Waals surface area contributed by atoms with E-state index < -0.39 is 11.6 Å². The molecular formula is C12H20N4O3. The van der Waals surface area contributed by atoms with Crippen LogP contribution in [-0.4, -0.2) is 65.9 Å². The molecular weight excluding hydrogens is 248 g/mol. The number of rotatable bonds is 3. The highest BCUT2D eigenvalue weighted by molar-refractivity contribution is 6.07. The molecule has 2 saturated heterocycles. The van der Waals surface area contributed by atoms with Crippen LogP contribution < -0.4 is 10.6 Å². The molecule has 2 rings (SSSR count). The standard InChI is InChI=1S/C12H20N4O3/c1-12(2)10(18)14-11(19)16(12)7-9(17)15(3)8-4-5-13-6-8/h8,13H,4-7H2,1-3H3,(H,14,18,19)/t8-/m1/s1. The predicted octanol–water partition coefficient (Wildman–Crippen LogP) is -0.863. The summed E-state index contributed by atoms with van der Waals surface area (Å²) in [5.74, 6) is -0.512. The van der Waals surface area contributed by atoms with E-state index in [2.05, 4.69) is 10.6 Å². The quantitative estimate of drug-likeness (QED) is 0.652. The van der Waals surface area contributed by atoms with Gasteiger partial charge in [-0.05, 0) is 26.8 Å².